The molecule has 0 aromatic rings. The van der Waals surface area contributed by atoms with Crippen molar-refractivity contribution < 1.29 is 49.3 Å². The number of nitrogens with one attached hydrogen (secondary N) is 1. The van der Waals surface area contributed by atoms with Gasteiger partial charge in [0, 0.05) is 6.42 Å². The second-order valence-electron chi connectivity index (χ2n) is 19.7. The number of rotatable bonds is 47. The fourth-order valence-electron chi connectivity index (χ4n) is 8.60. The molecule has 1 rings (SSSR count). The minimum Gasteiger partial charge on any atom is -0.454 e. The standard InChI is InChI=1S/C58H105NO10/c1-4-7-10-13-16-19-22-24-25-26-28-31-33-36-39-42-45-51(62)57(66)59-49(50(61)44-41-38-35-32-30-27-23-20-17-14-11-8-5-2)48-67-58-56(55(65)54(64)52(47-60)68-58)69-53(63)46-43-40-37-34-29-21-18-15-12-9-6-3/h15-16,18-19,24-25,41,44,49-52,54-56,58,60-62,64-65H,4-14,17,20-23,26-40,42-43,45-48H2,1-3H3,(H,59,66)/b18-15-,19-16-,25-24-,44-41+. The Morgan fingerprint density at radius 2 is 1.01 bits per heavy atom. The average molecular weight is 976 g/mol. The van der Waals surface area contributed by atoms with E-state index in [0.29, 0.717) is 12.8 Å². The van der Waals surface area contributed by atoms with Crippen LogP contribution in [0.4, 0.5) is 0 Å². The summed E-state index contributed by atoms with van der Waals surface area (Å²) >= 11 is 0. The number of unbranched alkanes of at least 4 members (excludes halogenated alkanes) is 27. The number of aliphatic hydroxyl groups excluding tert-OH is 5. The van der Waals surface area contributed by atoms with Crippen molar-refractivity contribution in [3.8, 4) is 0 Å². The van der Waals surface area contributed by atoms with E-state index in [2.05, 4.69) is 62.5 Å². The van der Waals surface area contributed by atoms with Gasteiger partial charge in [0.05, 0.1) is 25.4 Å². The quantitative estimate of drug-likeness (QED) is 0.0196. The van der Waals surface area contributed by atoms with Crippen LogP contribution in [0.1, 0.15) is 245 Å². The van der Waals surface area contributed by atoms with E-state index in [9.17, 15) is 35.1 Å². The van der Waals surface area contributed by atoms with E-state index >= 15 is 0 Å². The summed E-state index contributed by atoms with van der Waals surface area (Å²) in [5, 5.41) is 56.7. The molecule has 69 heavy (non-hydrogen) atoms. The zero-order valence-corrected chi connectivity index (χ0v) is 44.2. The number of carbonyl (C=O) groups excluding carboxylic acids is 2. The predicted molar refractivity (Wildman–Crippen MR) is 283 cm³/mol. The molecule has 0 spiro atoms. The smallest absolute Gasteiger partial charge is 0.306 e. The molecule has 1 heterocycles. The first-order valence-corrected chi connectivity index (χ1v) is 28.4. The summed E-state index contributed by atoms with van der Waals surface area (Å²) in [6, 6.07) is -1.03. The Morgan fingerprint density at radius 3 is 1.57 bits per heavy atom. The highest BCUT2D eigenvalue weighted by molar-refractivity contribution is 5.80. The summed E-state index contributed by atoms with van der Waals surface area (Å²) < 4.78 is 17.5. The first kappa shape index (κ1) is 64.6. The molecule has 1 saturated heterocycles. The minimum atomic E-state index is -1.62. The maximum atomic E-state index is 13.4. The number of hydrogen-bond donors (Lipinski definition) is 6. The van der Waals surface area contributed by atoms with Crippen molar-refractivity contribution in [3.63, 3.8) is 0 Å². The van der Waals surface area contributed by atoms with E-state index < -0.39 is 67.4 Å². The van der Waals surface area contributed by atoms with Crippen LogP contribution in [0.15, 0.2) is 48.6 Å². The third-order valence-electron chi connectivity index (χ3n) is 13.2. The highest BCUT2D eigenvalue weighted by Crippen LogP contribution is 2.26. The van der Waals surface area contributed by atoms with E-state index in [1.807, 2.05) is 6.08 Å². The van der Waals surface area contributed by atoms with Gasteiger partial charge in [0.15, 0.2) is 12.4 Å². The third kappa shape index (κ3) is 35.4. The topological polar surface area (TPSA) is 175 Å². The molecule has 11 heteroatoms. The van der Waals surface area contributed by atoms with Crippen LogP contribution in [0, 0.1) is 0 Å². The number of carbonyl (C=O) groups is 2. The van der Waals surface area contributed by atoms with Gasteiger partial charge in [-0.05, 0) is 77.0 Å². The van der Waals surface area contributed by atoms with Crippen LogP contribution in [0.25, 0.3) is 0 Å². The van der Waals surface area contributed by atoms with Crippen LogP contribution in [0.2, 0.25) is 0 Å². The van der Waals surface area contributed by atoms with Gasteiger partial charge in [-0.25, -0.2) is 0 Å². The van der Waals surface area contributed by atoms with Gasteiger partial charge in [-0.3, -0.25) is 9.59 Å². The SMILES string of the molecule is CCCC/C=C\CCCCCCCC(=O)OC1C(OCC(NC(=O)C(O)CCCCCCCC/C=C\C/C=C\CCCCC)C(O)/C=C/CCCCCCCCCCCCC)OC(CO)C(O)C1O. The molecular formula is C58H105NO10. The molecule has 1 amide bonds. The maximum absolute atomic E-state index is 13.4. The molecule has 1 aliphatic heterocycles. The van der Waals surface area contributed by atoms with E-state index in [1.54, 1.807) is 6.08 Å². The van der Waals surface area contributed by atoms with Gasteiger partial charge in [0.1, 0.15) is 24.4 Å². The molecule has 8 atom stereocenters. The van der Waals surface area contributed by atoms with Gasteiger partial charge in [0.2, 0.25) is 5.91 Å². The highest BCUT2D eigenvalue weighted by atomic mass is 16.7. The molecule has 1 aliphatic rings. The van der Waals surface area contributed by atoms with Gasteiger partial charge in [-0.2, -0.15) is 0 Å². The van der Waals surface area contributed by atoms with Crippen LogP contribution < -0.4 is 5.32 Å². The lowest BCUT2D eigenvalue weighted by molar-refractivity contribution is -0.305. The van der Waals surface area contributed by atoms with Crippen molar-refractivity contribution in [2.24, 2.45) is 0 Å². The van der Waals surface area contributed by atoms with Crippen LogP contribution in [-0.2, 0) is 23.8 Å². The zero-order valence-electron chi connectivity index (χ0n) is 44.2. The first-order chi connectivity index (χ1) is 33.7. The molecule has 6 N–H and O–H groups in total. The van der Waals surface area contributed by atoms with Crippen molar-refractivity contribution in [2.45, 2.75) is 294 Å². The van der Waals surface area contributed by atoms with Crippen LogP contribution in [0.3, 0.4) is 0 Å². The molecule has 0 bridgehead atoms. The van der Waals surface area contributed by atoms with Crippen LogP contribution in [-0.4, -0.2) is 99.6 Å². The normalized spacial score (nSPS) is 20.1. The number of hydrogen-bond acceptors (Lipinski definition) is 10. The second kappa shape index (κ2) is 46.7. The predicted octanol–water partition coefficient (Wildman–Crippen LogP) is 12.5. The summed E-state index contributed by atoms with van der Waals surface area (Å²) in [6.45, 7) is 5.70. The lowest BCUT2D eigenvalue weighted by atomic mass is 9.99. The third-order valence-corrected chi connectivity index (χ3v) is 13.2. The molecule has 0 aromatic heterocycles. The van der Waals surface area contributed by atoms with Gasteiger partial charge >= 0.3 is 5.97 Å². The van der Waals surface area contributed by atoms with E-state index in [-0.39, 0.29) is 19.4 Å². The monoisotopic (exact) mass is 976 g/mol. The van der Waals surface area contributed by atoms with Crippen LogP contribution >= 0.6 is 0 Å². The fourth-order valence-corrected chi connectivity index (χ4v) is 8.60. The van der Waals surface area contributed by atoms with Gasteiger partial charge < -0.3 is 45.1 Å². The highest BCUT2D eigenvalue weighted by Gasteiger charge is 2.47. The van der Waals surface area contributed by atoms with Gasteiger partial charge in [-0.1, -0.05) is 211 Å². The van der Waals surface area contributed by atoms with Gasteiger partial charge in [0.25, 0.3) is 0 Å². The van der Waals surface area contributed by atoms with Crippen molar-refractivity contribution in [1.82, 2.24) is 5.32 Å². The van der Waals surface area contributed by atoms with Crippen LogP contribution in [0.5, 0.6) is 0 Å². The Labute approximate surface area is 421 Å². The van der Waals surface area contributed by atoms with Crippen molar-refractivity contribution in [2.75, 3.05) is 13.2 Å². The molecular weight excluding hydrogens is 871 g/mol. The summed E-state index contributed by atoms with van der Waals surface area (Å²) in [5.41, 5.74) is 0. The Balaban J connectivity index is 2.76. The zero-order chi connectivity index (χ0) is 50.4. The van der Waals surface area contributed by atoms with Gasteiger partial charge in [-0.15, -0.1) is 0 Å². The average Bonchev–Trinajstić information content (AvgIpc) is 3.34. The minimum absolute atomic E-state index is 0.112. The number of esters is 1. The summed E-state index contributed by atoms with van der Waals surface area (Å²) in [5.74, 6) is -1.21. The molecule has 0 aliphatic carbocycles. The fraction of sp³-hybridized carbons (Fsp3) is 0.828. The second-order valence-corrected chi connectivity index (χ2v) is 19.7. The Kier molecular flexibility index (Phi) is 43.7. The Morgan fingerprint density at radius 1 is 0.565 bits per heavy atom. The summed E-state index contributed by atoms with van der Waals surface area (Å²) in [7, 11) is 0. The lowest BCUT2D eigenvalue weighted by Crippen LogP contribution is -2.61. The largest absolute Gasteiger partial charge is 0.454 e. The maximum Gasteiger partial charge on any atom is 0.306 e. The van der Waals surface area contributed by atoms with E-state index in [0.717, 1.165) is 103 Å². The molecule has 0 aromatic carbocycles. The molecule has 0 radical (unpaired) electrons. The molecule has 11 nitrogen and oxygen atoms in total. The van der Waals surface area contributed by atoms with E-state index in [4.69, 9.17) is 14.2 Å². The molecule has 402 valence electrons. The molecule has 8 unspecified atom stereocenters. The molecule has 1 fully saturated rings. The van der Waals surface area contributed by atoms with Crippen molar-refractivity contribution >= 4 is 11.9 Å². The Hall–Kier alpha value is -2.38. The van der Waals surface area contributed by atoms with E-state index in [1.165, 1.54) is 96.3 Å². The summed E-state index contributed by atoms with van der Waals surface area (Å²) in [4.78, 5) is 26.4. The van der Waals surface area contributed by atoms with Crippen molar-refractivity contribution in [3.05, 3.63) is 48.6 Å². The summed E-state index contributed by atoms with van der Waals surface area (Å²) in [6.07, 6.45) is 44.4. The van der Waals surface area contributed by atoms with Crippen molar-refractivity contribution in [1.29, 1.82) is 0 Å². The number of amides is 1. The molecule has 0 saturated carbocycles. The number of allylic oxidation sites excluding steroid dienone is 7. The Bertz CT molecular complexity index is 1300. The number of ether oxygens (including phenoxy) is 3. The number of aliphatic hydroxyl groups is 5. The first-order valence-electron chi connectivity index (χ1n) is 28.4. The lowest BCUT2D eigenvalue weighted by Gasteiger charge is -2.41.